The van der Waals surface area contributed by atoms with Crippen molar-refractivity contribution in [1.82, 2.24) is 0 Å². The minimum atomic E-state index is -0.361. The molecule has 2 aliphatic heterocycles. The first-order chi connectivity index (χ1) is 14.1. The Hall–Kier alpha value is -3.06. The van der Waals surface area contributed by atoms with Crippen molar-refractivity contribution in [2.45, 2.75) is 25.4 Å². The summed E-state index contributed by atoms with van der Waals surface area (Å²) in [5, 5.41) is 2.90. The van der Waals surface area contributed by atoms with Crippen LogP contribution >= 0.6 is 0 Å². The Bertz CT molecular complexity index is 937. The number of carbonyl (C=O) groups excluding carboxylic acids is 2. The predicted octanol–water partition coefficient (Wildman–Crippen LogP) is 3.02. The number of fused-ring (bicyclic) bond motifs is 1. The van der Waals surface area contributed by atoms with E-state index in [1.165, 1.54) is 14.2 Å². The van der Waals surface area contributed by atoms with Crippen LogP contribution in [0.4, 0.5) is 11.4 Å². The Labute approximate surface area is 169 Å². The molecule has 4 rings (SSSR count). The minimum absolute atomic E-state index is 0.000749. The molecule has 1 fully saturated rings. The van der Waals surface area contributed by atoms with Gasteiger partial charge < -0.3 is 24.4 Å². The van der Waals surface area contributed by atoms with Crippen LogP contribution in [-0.4, -0.2) is 45.3 Å². The quantitative estimate of drug-likeness (QED) is 0.841. The van der Waals surface area contributed by atoms with Crippen LogP contribution in [-0.2, 0) is 16.0 Å². The fourth-order valence-electron chi connectivity index (χ4n) is 3.90. The summed E-state index contributed by atoms with van der Waals surface area (Å²) in [7, 11) is 3.03. The molecule has 0 radical (unpaired) electrons. The second-order valence-electron chi connectivity index (χ2n) is 7.08. The third-order valence-electron chi connectivity index (χ3n) is 5.36. The molecular formula is C22H24N2O5. The maximum absolute atomic E-state index is 12.8. The smallest absolute Gasteiger partial charge is 0.259 e. The molecule has 0 aromatic heterocycles. The molecule has 2 amide bonds. The van der Waals surface area contributed by atoms with Gasteiger partial charge in [-0.25, -0.2) is 0 Å². The number of ether oxygens (including phenoxy) is 3. The highest BCUT2D eigenvalue weighted by Crippen LogP contribution is 2.34. The highest BCUT2D eigenvalue weighted by atomic mass is 16.5. The normalized spacial score (nSPS) is 17.7. The van der Waals surface area contributed by atoms with Crippen molar-refractivity contribution >= 4 is 23.2 Å². The number of hydrogen-bond donors (Lipinski definition) is 1. The summed E-state index contributed by atoms with van der Waals surface area (Å²) in [6.45, 7) is 1.27. The standard InChI is InChI=1S/C22H24N2O5/c1-27-18-6-3-5-16(20(18)28-2)21(25)23-15-9-8-14-10-11-24(17(14)13-15)22(26)19-7-4-12-29-19/h3,5-6,8-9,13,19H,4,7,10-12H2,1-2H3,(H,23,25). The summed E-state index contributed by atoms with van der Waals surface area (Å²) in [4.78, 5) is 27.4. The van der Waals surface area contributed by atoms with Gasteiger partial charge in [-0.15, -0.1) is 0 Å². The van der Waals surface area contributed by atoms with Crippen LogP contribution < -0.4 is 19.7 Å². The van der Waals surface area contributed by atoms with Gasteiger partial charge in [-0.05, 0) is 49.1 Å². The summed E-state index contributed by atoms with van der Waals surface area (Å²) >= 11 is 0. The van der Waals surface area contributed by atoms with E-state index in [4.69, 9.17) is 14.2 Å². The lowest BCUT2D eigenvalue weighted by atomic mass is 10.1. The lowest BCUT2D eigenvalue weighted by molar-refractivity contribution is -0.127. The van der Waals surface area contributed by atoms with E-state index in [1.54, 1.807) is 23.1 Å². The monoisotopic (exact) mass is 396 g/mol. The van der Waals surface area contributed by atoms with Gasteiger partial charge in [-0.3, -0.25) is 9.59 Å². The summed E-state index contributed by atoms with van der Waals surface area (Å²) in [6, 6.07) is 10.8. The number of nitrogens with one attached hydrogen (secondary N) is 1. The molecule has 1 atom stereocenters. The Kier molecular flexibility index (Phi) is 5.40. The van der Waals surface area contributed by atoms with Gasteiger partial charge in [0.1, 0.15) is 6.10 Å². The lowest BCUT2D eigenvalue weighted by Gasteiger charge is -2.21. The molecule has 7 heteroatoms. The van der Waals surface area contributed by atoms with E-state index in [9.17, 15) is 9.59 Å². The first-order valence-electron chi connectivity index (χ1n) is 9.70. The number of nitrogens with zero attached hydrogens (tertiary/aromatic N) is 1. The summed E-state index contributed by atoms with van der Waals surface area (Å²) < 4.78 is 16.2. The van der Waals surface area contributed by atoms with Gasteiger partial charge in [0.15, 0.2) is 11.5 Å². The molecule has 1 unspecified atom stereocenters. The van der Waals surface area contributed by atoms with Crippen LogP contribution in [0.5, 0.6) is 11.5 Å². The molecular weight excluding hydrogens is 372 g/mol. The Morgan fingerprint density at radius 2 is 2.03 bits per heavy atom. The molecule has 152 valence electrons. The van der Waals surface area contributed by atoms with E-state index in [0.717, 1.165) is 30.5 Å². The summed E-state index contributed by atoms with van der Waals surface area (Å²) in [6.07, 6.45) is 2.11. The highest BCUT2D eigenvalue weighted by Gasteiger charge is 2.33. The zero-order valence-electron chi connectivity index (χ0n) is 16.6. The van der Waals surface area contributed by atoms with Crippen LogP contribution in [0.2, 0.25) is 0 Å². The molecule has 7 nitrogen and oxygen atoms in total. The van der Waals surface area contributed by atoms with Gasteiger partial charge in [-0.1, -0.05) is 12.1 Å². The van der Waals surface area contributed by atoms with Crippen LogP contribution in [0, 0.1) is 0 Å². The van der Waals surface area contributed by atoms with E-state index >= 15 is 0 Å². The Balaban J connectivity index is 1.56. The first kappa shape index (κ1) is 19.3. The molecule has 1 N–H and O–H groups in total. The molecule has 2 aromatic rings. The number of anilines is 2. The SMILES string of the molecule is COc1cccc(C(=O)Nc2ccc3c(c2)N(C(=O)C2CCCO2)CC3)c1OC. The van der Waals surface area contributed by atoms with Crippen LogP contribution in [0.1, 0.15) is 28.8 Å². The molecule has 29 heavy (non-hydrogen) atoms. The van der Waals surface area contributed by atoms with E-state index < -0.39 is 0 Å². The van der Waals surface area contributed by atoms with Gasteiger partial charge in [0, 0.05) is 24.5 Å². The number of amides is 2. The molecule has 0 spiro atoms. The van der Waals surface area contributed by atoms with Gasteiger partial charge in [0.25, 0.3) is 11.8 Å². The maximum atomic E-state index is 12.8. The number of para-hydroxylation sites is 1. The molecule has 2 aromatic carbocycles. The second-order valence-corrected chi connectivity index (χ2v) is 7.08. The number of rotatable bonds is 5. The van der Waals surface area contributed by atoms with Crippen molar-refractivity contribution in [3.8, 4) is 11.5 Å². The van der Waals surface area contributed by atoms with E-state index in [1.807, 2.05) is 18.2 Å². The first-order valence-corrected chi connectivity index (χ1v) is 9.70. The fourth-order valence-corrected chi connectivity index (χ4v) is 3.90. The molecule has 0 aliphatic carbocycles. The lowest BCUT2D eigenvalue weighted by Crippen LogP contribution is -2.37. The molecule has 1 saturated heterocycles. The van der Waals surface area contributed by atoms with Gasteiger partial charge in [-0.2, -0.15) is 0 Å². The van der Waals surface area contributed by atoms with Crippen LogP contribution in [0.25, 0.3) is 0 Å². The number of hydrogen-bond acceptors (Lipinski definition) is 5. The zero-order valence-corrected chi connectivity index (χ0v) is 16.6. The van der Waals surface area contributed by atoms with Crippen LogP contribution in [0.3, 0.4) is 0 Å². The van der Waals surface area contributed by atoms with E-state index in [2.05, 4.69) is 5.32 Å². The third-order valence-corrected chi connectivity index (χ3v) is 5.36. The average Bonchev–Trinajstić information content (AvgIpc) is 3.42. The van der Waals surface area contributed by atoms with Crippen molar-refractivity contribution in [2.24, 2.45) is 0 Å². The summed E-state index contributed by atoms with van der Waals surface area (Å²) in [5.74, 6) is 0.557. The molecule has 2 aliphatic rings. The minimum Gasteiger partial charge on any atom is -0.493 e. The maximum Gasteiger partial charge on any atom is 0.259 e. The van der Waals surface area contributed by atoms with E-state index in [-0.39, 0.29) is 17.9 Å². The third kappa shape index (κ3) is 3.65. The van der Waals surface area contributed by atoms with Gasteiger partial charge in [0.2, 0.25) is 0 Å². The number of carbonyl (C=O) groups is 2. The summed E-state index contributed by atoms with van der Waals surface area (Å²) in [5.41, 5.74) is 2.92. The molecule has 0 saturated carbocycles. The Morgan fingerprint density at radius 3 is 2.76 bits per heavy atom. The van der Waals surface area contributed by atoms with Crippen molar-refractivity contribution in [3.05, 3.63) is 47.5 Å². The average molecular weight is 396 g/mol. The van der Waals surface area contributed by atoms with Crippen molar-refractivity contribution in [1.29, 1.82) is 0 Å². The second kappa shape index (κ2) is 8.13. The number of methoxy groups -OCH3 is 2. The predicted molar refractivity (Wildman–Crippen MR) is 109 cm³/mol. The highest BCUT2D eigenvalue weighted by molar-refractivity contribution is 6.07. The van der Waals surface area contributed by atoms with Crippen molar-refractivity contribution in [3.63, 3.8) is 0 Å². The van der Waals surface area contributed by atoms with Crippen molar-refractivity contribution < 1.29 is 23.8 Å². The largest absolute Gasteiger partial charge is 0.493 e. The molecule has 2 heterocycles. The van der Waals surface area contributed by atoms with Crippen molar-refractivity contribution in [2.75, 3.05) is 37.6 Å². The zero-order chi connectivity index (χ0) is 20.4. The van der Waals surface area contributed by atoms with Crippen LogP contribution in [0.15, 0.2) is 36.4 Å². The molecule has 0 bridgehead atoms. The van der Waals surface area contributed by atoms with Gasteiger partial charge in [0.05, 0.1) is 19.8 Å². The topological polar surface area (TPSA) is 77.1 Å². The fraction of sp³-hybridized carbons (Fsp3) is 0.364. The van der Waals surface area contributed by atoms with Gasteiger partial charge >= 0.3 is 0 Å². The Morgan fingerprint density at radius 1 is 1.17 bits per heavy atom. The number of benzene rings is 2. The van der Waals surface area contributed by atoms with E-state index in [0.29, 0.717) is 35.9 Å².